The van der Waals surface area contributed by atoms with Gasteiger partial charge in [0.2, 0.25) is 0 Å². The van der Waals surface area contributed by atoms with Gasteiger partial charge in [0.05, 0.1) is 6.04 Å². The molecule has 1 rings (SSSR count). The molecular weight excluding hydrogens is 226 g/mol. The fourth-order valence-corrected chi connectivity index (χ4v) is 1.48. The predicted molar refractivity (Wildman–Crippen MR) is 63.7 cm³/mol. The Morgan fingerprint density at radius 1 is 1.35 bits per heavy atom. The lowest BCUT2D eigenvalue weighted by molar-refractivity contribution is 0.0962. The molecule has 0 aromatic heterocycles. The maximum absolute atomic E-state index is 12.4. The van der Waals surface area contributed by atoms with E-state index < -0.39 is 12.5 Å². The van der Waals surface area contributed by atoms with Gasteiger partial charge in [-0.2, -0.15) is 0 Å². The summed E-state index contributed by atoms with van der Waals surface area (Å²) in [6.07, 6.45) is -2.45. The van der Waals surface area contributed by atoms with Crippen LogP contribution in [0.15, 0.2) is 18.2 Å². The smallest absolute Gasteiger partial charge is 0.258 e. The van der Waals surface area contributed by atoms with E-state index in [1.807, 2.05) is 0 Å². The summed E-state index contributed by atoms with van der Waals surface area (Å²) in [6.45, 7) is 3.13. The highest BCUT2D eigenvalue weighted by molar-refractivity contribution is 5.96. The molecule has 1 unspecified atom stereocenters. The molecular formula is C12H16F2N2O. The Bertz CT molecular complexity index is 407. The van der Waals surface area contributed by atoms with Crippen LogP contribution in [0.5, 0.6) is 0 Å². The molecule has 3 nitrogen and oxygen atoms in total. The largest absolute Gasteiger partial charge is 0.377 e. The van der Waals surface area contributed by atoms with Gasteiger partial charge in [0.25, 0.3) is 12.3 Å². The predicted octanol–water partition coefficient (Wildman–Crippen LogP) is 2.42. The Hall–Kier alpha value is -1.65. The molecule has 2 N–H and O–H groups in total. The molecule has 0 aliphatic carbocycles. The second kappa shape index (κ2) is 5.61. The summed E-state index contributed by atoms with van der Waals surface area (Å²) in [5, 5.41) is 5.21. The maximum atomic E-state index is 12.4. The van der Waals surface area contributed by atoms with Gasteiger partial charge < -0.3 is 10.6 Å². The number of nitrogens with one attached hydrogen (secondary N) is 2. The van der Waals surface area contributed by atoms with Crippen LogP contribution >= 0.6 is 0 Å². The van der Waals surface area contributed by atoms with Crippen LogP contribution < -0.4 is 10.6 Å². The first-order valence-electron chi connectivity index (χ1n) is 5.33. The average molecular weight is 242 g/mol. The number of benzene rings is 1. The van der Waals surface area contributed by atoms with Gasteiger partial charge in [0.1, 0.15) is 0 Å². The van der Waals surface area contributed by atoms with Crippen molar-refractivity contribution < 1.29 is 13.6 Å². The van der Waals surface area contributed by atoms with Crippen molar-refractivity contribution in [2.75, 3.05) is 12.4 Å². The minimum Gasteiger partial charge on any atom is -0.377 e. The number of rotatable bonds is 4. The van der Waals surface area contributed by atoms with Crippen LogP contribution in [0, 0.1) is 6.92 Å². The zero-order valence-electron chi connectivity index (χ0n) is 10.1. The van der Waals surface area contributed by atoms with Crippen LogP contribution in [0.4, 0.5) is 14.5 Å². The molecule has 5 heteroatoms. The van der Waals surface area contributed by atoms with Crippen molar-refractivity contribution in [3.8, 4) is 0 Å². The summed E-state index contributed by atoms with van der Waals surface area (Å²) < 4.78 is 24.9. The summed E-state index contributed by atoms with van der Waals surface area (Å²) in [6, 6.07) is 4.05. The van der Waals surface area contributed by atoms with Gasteiger partial charge in [-0.05, 0) is 31.5 Å². The topological polar surface area (TPSA) is 41.1 Å². The molecule has 0 aliphatic rings. The van der Waals surface area contributed by atoms with Crippen molar-refractivity contribution in [1.82, 2.24) is 5.32 Å². The SMILES string of the molecule is CNC(=O)c1cccc(NC(C)C(F)F)c1C. The normalized spacial score (nSPS) is 12.4. The standard InChI is InChI=1S/C12H16F2N2O/c1-7-9(12(17)15-3)5-4-6-10(7)16-8(2)11(13)14/h4-6,8,11,16H,1-3H3,(H,15,17). The molecule has 0 radical (unpaired) electrons. The van der Waals surface area contributed by atoms with E-state index in [0.717, 1.165) is 0 Å². The molecule has 0 saturated heterocycles. The molecule has 0 bridgehead atoms. The van der Waals surface area contributed by atoms with Crippen LogP contribution in [-0.4, -0.2) is 25.4 Å². The number of amides is 1. The van der Waals surface area contributed by atoms with E-state index in [-0.39, 0.29) is 5.91 Å². The fraction of sp³-hybridized carbons (Fsp3) is 0.417. The van der Waals surface area contributed by atoms with Gasteiger partial charge in [-0.25, -0.2) is 8.78 Å². The zero-order chi connectivity index (χ0) is 13.0. The second-order valence-corrected chi connectivity index (χ2v) is 3.82. The molecule has 0 aliphatic heterocycles. The molecule has 17 heavy (non-hydrogen) atoms. The summed E-state index contributed by atoms with van der Waals surface area (Å²) >= 11 is 0. The van der Waals surface area contributed by atoms with Crippen molar-refractivity contribution >= 4 is 11.6 Å². The van der Waals surface area contributed by atoms with Crippen molar-refractivity contribution in [1.29, 1.82) is 0 Å². The third-order valence-corrected chi connectivity index (χ3v) is 2.57. The lowest BCUT2D eigenvalue weighted by Gasteiger charge is -2.17. The van der Waals surface area contributed by atoms with Crippen LogP contribution in [0.2, 0.25) is 0 Å². The maximum Gasteiger partial charge on any atom is 0.258 e. The van der Waals surface area contributed by atoms with Gasteiger partial charge in [-0.3, -0.25) is 4.79 Å². The van der Waals surface area contributed by atoms with E-state index in [4.69, 9.17) is 0 Å². The fourth-order valence-electron chi connectivity index (χ4n) is 1.48. The lowest BCUT2D eigenvalue weighted by Crippen LogP contribution is -2.25. The van der Waals surface area contributed by atoms with E-state index in [1.54, 1.807) is 25.1 Å². The summed E-state index contributed by atoms with van der Waals surface area (Å²) in [5.41, 5.74) is 1.71. The average Bonchev–Trinajstić information content (AvgIpc) is 2.30. The molecule has 0 spiro atoms. The highest BCUT2D eigenvalue weighted by Gasteiger charge is 2.16. The number of hydrogen-bond donors (Lipinski definition) is 2. The van der Waals surface area contributed by atoms with Crippen molar-refractivity contribution in [2.24, 2.45) is 0 Å². The van der Waals surface area contributed by atoms with Crippen LogP contribution in [0.1, 0.15) is 22.8 Å². The Morgan fingerprint density at radius 2 is 2.00 bits per heavy atom. The third-order valence-electron chi connectivity index (χ3n) is 2.57. The molecule has 1 aromatic carbocycles. The zero-order valence-corrected chi connectivity index (χ0v) is 10.1. The van der Waals surface area contributed by atoms with Gasteiger partial charge in [0, 0.05) is 18.3 Å². The highest BCUT2D eigenvalue weighted by atomic mass is 19.3. The Balaban J connectivity index is 2.98. The van der Waals surface area contributed by atoms with Gasteiger partial charge in [-0.15, -0.1) is 0 Å². The van der Waals surface area contributed by atoms with Crippen molar-refractivity contribution in [2.45, 2.75) is 26.3 Å². The van der Waals surface area contributed by atoms with Gasteiger partial charge in [0.15, 0.2) is 0 Å². The van der Waals surface area contributed by atoms with E-state index in [2.05, 4.69) is 10.6 Å². The number of carbonyl (C=O) groups is 1. The molecule has 1 aromatic rings. The first kappa shape index (κ1) is 13.4. The number of anilines is 1. The van der Waals surface area contributed by atoms with E-state index in [1.165, 1.54) is 14.0 Å². The molecule has 94 valence electrons. The second-order valence-electron chi connectivity index (χ2n) is 3.82. The minimum atomic E-state index is -2.45. The molecule has 0 heterocycles. The Labute approximate surface area is 99.2 Å². The number of alkyl halides is 2. The van der Waals surface area contributed by atoms with Crippen molar-refractivity contribution in [3.05, 3.63) is 29.3 Å². The highest BCUT2D eigenvalue weighted by Crippen LogP contribution is 2.20. The number of hydrogen-bond acceptors (Lipinski definition) is 2. The first-order valence-corrected chi connectivity index (χ1v) is 5.33. The summed E-state index contributed by atoms with van der Waals surface area (Å²) in [7, 11) is 1.53. The minimum absolute atomic E-state index is 0.226. The number of halogens is 2. The first-order chi connectivity index (χ1) is 7.97. The third kappa shape index (κ3) is 3.15. The summed E-state index contributed by atoms with van der Waals surface area (Å²) in [5.74, 6) is -0.226. The molecule has 0 saturated carbocycles. The van der Waals surface area contributed by atoms with Crippen molar-refractivity contribution in [3.63, 3.8) is 0 Å². The summed E-state index contributed by atoms with van der Waals surface area (Å²) in [4.78, 5) is 11.5. The van der Waals surface area contributed by atoms with E-state index in [9.17, 15) is 13.6 Å². The molecule has 1 amide bonds. The number of carbonyl (C=O) groups excluding carboxylic acids is 1. The lowest BCUT2D eigenvalue weighted by atomic mass is 10.1. The molecule has 0 fully saturated rings. The van der Waals surface area contributed by atoms with Crippen LogP contribution in [-0.2, 0) is 0 Å². The monoisotopic (exact) mass is 242 g/mol. The van der Waals surface area contributed by atoms with E-state index in [0.29, 0.717) is 16.8 Å². The Morgan fingerprint density at radius 3 is 2.53 bits per heavy atom. The van der Waals surface area contributed by atoms with E-state index >= 15 is 0 Å². The Kier molecular flexibility index (Phi) is 4.43. The molecule has 1 atom stereocenters. The van der Waals surface area contributed by atoms with Crippen LogP contribution in [0.25, 0.3) is 0 Å². The quantitative estimate of drug-likeness (QED) is 0.851. The van der Waals surface area contributed by atoms with Crippen LogP contribution in [0.3, 0.4) is 0 Å². The van der Waals surface area contributed by atoms with Gasteiger partial charge >= 0.3 is 0 Å². The van der Waals surface area contributed by atoms with Gasteiger partial charge in [-0.1, -0.05) is 6.07 Å².